The predicted molar refractivity (Wildman–Crippen MR) is 162 cm³/mol. The quantitative estimate of drug-likeness (QED) is 0.231. The zero-order chi connectivity index (χ0) is 27.5. The van der Waals surface area contributed by atoms with Crippen LogP contribution in [0.2, 0.25) is 0 Å². The Labute approximate surface area is 235 Å². The van der Waals surface area contributed by atoms with Crippen LogP contribution in [0.3, 0.4) is 0 Å². The Morgan fingerprint density at radius 3 is 1.39 bits per heavy atom. The second-order valence-electron chi connectivity index (χ2n) is 10.3. The van der Waals surface area contributed by atoms with Crippen molar-refractivity contribution in [3.63, 3.8) is 0 Å². The van der Waals surface area contributed by atoms with E-state index in [4.69, 9.17) is 14.7 Å². The lowest BCUT2D eigenvalue weighted by molar-refractivity contribution is 0.484. The second kappa shape index (κ2) is 8.99. The van der Waals surface area contributed by atoms with E-state index in [-0.39, 0.29) is 0 Å². The minimum absolute atomic E-state index is 0.735. The summed E-state index contributed by atoms with van der Waals surface area (Å²) in [6.07, 6.45) is 11.2. The highest BCUT2D eigenvalue weighted by atomic mass is 16.5. The number of nitrogens with zero attached hydrogens (tertiary/aromatic N) is 6. The number of fused-ring (bicyclic) bond motifs is 6. The van der Waals surface area contributed by atoms with E-state index in [1.165, 1.54) is 0 Å². The van der Waals surface area contributed by atoms with E-state index >= 15 is 0 Å². The summed E-state index contributed by atoms with van der Waals surface area (Å²) >= 11 is 0. The van der Waals surface area contributed by atoms with Gasteiger partial charge in [0, 0.05) is 58.5 Å². The van der Waals surface area contributed by atoms with Crippen LogP contribution in [0.25, 0.3) is 55.2 Å². The summed E-state index contributed by atoms with van der Waals surface area (Å²) in [6, 6.07) is 24.7. The van der Waals surface area contributed by atoms with Crippen molar-refractivity contribution in [1.29, 1.82) is 0 Å². The first-order valence-corrected chi connectivity index (χ1v) is 13.4. The molecule has 0 radical (unpaired) electrons. The molecule has 41 heavy (non-hydrogen) atoms. The molecule has 6 heterocycles. The molecule has 0 saturated heterocycles. The summed E-state index contributed by atoms with van der Waals surface area (Å²) in [6.45, 7) is 4.08. The zero-order valence-electron chi connectivity index (χ0n) is 22.5. The van der Waals surface area contributed by atoms with Crippen LogP contribution in [-0.2, 0) is 0 Å². The SMILES string of the molecule is Cc1ccc(-n2c3cnccc3c3ccc(Oc4ccc5c6ccncc6n(-c6ccc(C)cn6)c5c4)cc32)nc1. The highest BCUT2D eigenvalue weighted by Crippen LogP contribution is 2.37. The predicted octanol–water partition coefficient (Wildman–Crippen LogP) is 7.87. The van der Waals surface area contributed by atoms with Gasteiger partial charge in [-0.1, -0.05) is 12.1 Å². The Hall–Kier alpha value is -5.56. The average Bonchev–Trinajstić information content (AvgIpc) is 3.50. The van der Waals surface area contributed by atoms with Gasteiger partial charge in [-0.05, 0) is 73.5 Å². The number of rotatable bonds is 4. The van der Waals surface area contributed by atoms with E-state index in [1.54, 1.807) is 0 Å². The molecule has 0 amide bonds. The van der Waals surface area contributed by atoms with Gasteiger partial charge in [0.15, 0.2) is 0 Å². The zero-order valence-corrected chi connectivity index (χ0v) is 22.5. The van der Waals surface area contributed by atoms with Gasteiger partial charge in [-0.3, -0.25) is 19.1 Å². The normalized spacial score (nSPS) is 11.7. The van der Waals surface area contributed by atoms with Crippen molar-refractivity contribution in [3.8, 4) is 23.1 Å². The molecule has 0 fully saturated rings. The van der Waals surface area contributed by atoms with E-state index < -0.39 is 0 Å². The van der Waals surface area contributed by atoms with Crippen LogP contribution in [0, 0.1) is 13.8 Å². The van der Waals surface area contributed by atoms with Crippen LogP contribution in [0.5, 0.6) is 11.5 Å². The Morgan fingerprint density at radius 1 is 0.488 bits per heavy atom. The first kappa shape index (κ1) is 23.3. The Balaban J connectivity index is 1.28. The lowest BCUT2D eigenvalue weighted by atomic mass is 10.2. The smallest absolute Gasteiger partial charge is 0.137 e. The van der Waals surface area contributed by atoms with E-state index in [9.17, 15) is 0 Å². The molecule has 0 atom stereocenters. The van der Waals surface area contributed by atoms with Crippen molar-refractivity contribution < 1.29 is 4.74 Å². The van der Waals surface area contributed by atoms with Crippen LogP contribution < -0.4 is 4.74 Å². The number of benzene rings is 2. The van der Waals surface area contributed by atoms with Crippen LogP contribution in [0.15, 0.2) is 110 Å². The number of hydrogen-bond acceptors (Lipinski definition) is 5. The monoisotopic (exact) mass is 532 g/mol. The van der Waals surface area contributed by atoms with Crippen molar-refractivity contribution in [1.82, 2.24) is 29.1 Å². The lowest BCUT2D eigenvalue weighted by Gasteiger charge is -2.10. The Morgan fingerprint density at radius 2 is 0.951 bits per heavy atom. The molecule has 0 N–H and O–H groups in total. The third kappa shape index (κ3) is 3.74. The van der Waals surface area contributed by atoms with Crippen LogP contribution >= 0.6 is 0 Å². The maximum Gasteiger partial charge on any atom is 0.137 e. The molecule has 0 spiro atoms. The first-order chi connectivity index (χ1) is 20.1. The molecule has 7 nitrogen and oxygen atoms in total. The molecular weight excluding hydrogens is 508 g/mol. The Kier molecular flexibility index (Phi) is 5.12. The highest BCUT2D eigenvalue weighted by Gasteiger charge is 2.16. The molecule has 7 heteroatoms. The van der Waals surface area contributed by atoms with E-state index in [2.05, 4.69) is 55.5 Å². The first-order valence-electron chi connectivity index (χ1n) is 13.4. The largest absolute Gasteiger partial charge is 0.457 e. The van der Waals surface area contributed by atoms with Gasteiger partial charge in [0.25, 0.3) is 0 Å². The maximum absolute atomic E-state index is 6.51. The van der Waals surface area contributed by atoms with Crippen molar-refractivity contribution in [2.45, 2.75) is 13.8 Å². The minimum atomic E-state index is 0.735. The number of hydrogen-bond donors (Lipinski definition) is 0. The fraction of sp³-hybridized carbons (Fsp3) is 0.0588. The molecule has 0 aliphatic carbocycles. The molecule has 0 saturated carbocycles. The summed E-state index contributed by atoms with van der Waals surface area (Å²) in [4.78, 5) is 18.2. The standard InChI is InChI=1S/C34H24N6O/c1-21-3-9-33(37-17-21)39-29-15-23(5-7-25(29)27-11-13-35-19-31(27)39)41-24-6-8-26-28-12-14-36-20-32(28)40(30(26)16-24)34-10-4-22(2)18-38-34/h3-20H,1-2H3. The maximum atomic E-state index is 6.51. The summed E-state index contributed by atoms with van der Waals surface area (Å²) < 4.78 is 10.8. The van der Waals surface area contributed by atoms with E-state index in [0.717, 1.165) is 77.9 Å². The molecule has 0 unspecified atom stereocenters. The Bertz CT molecular complexity index is 2080. The van der Waals surface area contributed by atoms with Crippen molar-refractivity contribution >= 4 is 43.6 Å². The molecule has 8 rings (SSSR count). The number of pyridine rings is 4. The number of aromatic nitrogens is 6. The van der Waals surface area contributed by atoms with E-state index in [1.807, 2.05) is 87.4 Å². The summed E-state index contributed by atoms with van der Waals surface area (Å²) in [5.74, 6) is 3.15. The van der Waals surface area contributed by atoms with Gasteiger partial charge in [-0.25, -0.2) is 9.97 Å². The molecule has 6 aromatic heterocycles. The molecular formula is C34H24N6O. The van der Waals surface area contributed by atoms with Crippen molar-refractivity contribution in [2.75, 3.05) is 0 Å². The van der Waals surface area contributed by atoms with E-state index in [0.29, 0.717) is 0 Å². The van der Waals surface area contributed by atoms with Gasteiger partial charge in [-0.2, -0.15) is 0 Å². The average molecular weight is 533 g/mol. The topological polar surface area (TPSA) is 70.7 Å². The van der Waals surface area contributed by atoms with Gasteiger partial charge in [0.05, 0.1) is 34.5 Å². The molecule has 0 aliphatic rings. The van der Waals surface area contributed by atoms with Gasteiger partial charge < -0.3 is 4.74 Å². The molecule has 8 aromatic rings. The summed E-state index contributed by atoms with van der Waals surface area (Å²) in [7, 11) is 0. The molecule has 0 aliphatic heterocycles. The van der Waals surface area contributed by atoms with Gasteiger partial charge in [-0.15, -0.1) is 0 Å². The second-order valence-corrected chi connectivity index (χ2v) is 10.3. The van der Waals surface area contributed by atoms with Crippen molar-refractivity contribution in [3.05, 3.63) is 121 Å². The molecule has 196 valence electrons. The van der Waals surface area contributed by atoms with Gasteiger partial charge >= 0.3 is 0 Å². The minimum Gasteiger partial charge on any atom is -0.457 e. The third-order valence-corrected chi connectivity index (χ3v) is 7.57. The third-order valence-electron chi connectivity index (χ3n) is 7.57. The molecule has 0 bridgehead atoms. The highest BCUT2D eigenvalue weighted by molar-refractivity contribution is 6.10. The number of aryl methyl sites for hydroxylation is 2. The fourth-order valence-corrected chi connectivity index (χ4v) is 5.63. The van der Waals surface area contributed by atoms with Crippen LogP contribution in [-0.4, -0.2) is 29.1 Å². The summed E-state index contributed by atoms with van der Waals surface area (Å²) in [5.41, 5.74) is 6.24. The molecule has 2 aromatic carbocycles. The lowest BCUT2D eigenvalue weighted by Crippen LogP contribution is -1.98. The van der Waals surface area contributed by atoms with Crippen molar-refractivity contribution in [2.24, 2.45) is 0 Å². The summed E-state index contributed by atoms with van der Waals surface area (Å²) in [5, 5.41) is 4.47. The van der Waals surface area contributed by atoms with Gasteiger partial charge in [0.1, 0.15) is 23.1 Å². The number of ether oxygens (including phenoxy) is 1. The van der Waals surface area contributed by atoms with Gasteiger partial charge in [0.2, 0.25) is 0 Å². The fourth-order valence-electron chi connectivity index (χ4n) is 5.63. The van der Waals surface area contributed by atoms with Crippen LogP contribution in [0.1, 0.15) is 11.1 Å². The van der Waals surface area contributed by atoms with Crippen LogP contribution in [0.4, 0.5) is 0 Å².